The third-order valence-electron chi connectivity index (χ3n) is 9.03. The predicted octanol–water partition coefficient (Wildman–Crippen LogP) is 4.52. The quantitative estimate of drug-likeness (QED) is 0.815. The van der Waals surface area contributed by atoms with Crippen LogP contribution in [0.2, 0.25) is 0 Å². The summed E-state index contributed by atoms with van der Waals surface area (Å²) >= 11 is 0. The van der Waals surface area contributed by atoms with Crippen LogP contribution in [-0.2, 0) is 10.2 Å². The molecule has 1 aromatic rings. The van der Waals surface area contributed by atoms with Gasteiger partial charge in [0.1, 0.15) is 0 Å². The van der Waals surface area contributed by atoms with E-state index in [1.54, 1.807) is 0 Å². The monoisotopic (exact) mass is 380 g/mol. The number of nitrogens with zero attached hydrogens (tertiary/aromatic N) is 1. The van der Waals surface area contributed by atoms with Crippen LogP contribution in [0.5, 0.6) is 0 Å². The molecule has 1 aromatic carbocycles. The van der Waals surface area contributed by atoms with Crippen LogP contribution in [0.1, 0.15) is 70.3 Å². The van der Waals surface area contributed by atoms with E-state index in [0.29, 0.717) is 11.9 Å². The smallest absolute Gasteiger partial charge is 0.229 e. The Morgan fingerprint density at radius 3 is 2.57 bits per heavy atom. The molecule has 1 heterocycles. The zero-order chi connectivity index (χ0) is 19.4. The lowest BCUT2D eigenvalue weighted by atomic mass is 9.63. The summed E-state index contributed by atoms with van der Waals surface area (Å²) in [6.07, 6.45) is 10.7. The van der Waals surface area contributed by atoms with E-state index in [-0.39, 0.29) is 16.2 Å². The second kappa shape index (κ2) is 6.58. The van der Waals surface area contributed by atoms with Crippen molar-refractivity contribution in [1.29, 1.82) is 0 Å². The topological polar surface area (TPSA) is 32.3 Å². The normalized spacial score (nSPS) is 39.4. The van der Waals surface area contributed by atoms with Crippen molar-refractivity contribution in [2.24, 2.45) is 16.7 Å². The maximum absolute atomic E-state index is 14.2. The minimum atomic E-state index is -0.110. The molecule has 0 radical (unpaired) electrons. The number of hydrogen-bond donors (Lipinski definition) is 1. The lowest BCUT2D eigenvalue weighted by molar-refractivity contribution is -0.149. The molecule has 4 saturated carbocycles. The Bertz CT molecular complexity index is 742. The lowest BCUT2D eigenvalue weighted by Crippen LogP contribution is -2.53. The van der Waals surface area contributed by atoms with Gasteiger partial charge in [-0.2, -0.15) is 0 Å². The van der Waals surface area contributed by atoms with E-state index >= 15 is 0 Å². The highest BCUT2D eigenvalue weighted by Gasteiger charge is 2.74. The molecule has 1 aliphatic heterocycles. The van der Waals surface area contributed by atoms with Crippen LogP contribution in [0.15, 0.2) is 30.3 Å². The molecule has 1 amide bonds. The Hall–Kier alpha value is -1.35. The van der Waals surface area contributed by atoms with E-state index in [1.807, 2.05) is 0 Å². The first kappa shape index (κ1) is 18.7. The summed E-state index contributed by atoms with van der Waals surface area (Å²) in [5, 5.41) is 3.45. The van der Waals surface area contributed by atoms with E-state index in [1.165, 1.54) is 37.7 Å². The van der Waals surface area contributed by atoms with Gasteiger partial charge in [-0.25, -0.2) is 0 Å². The second-order valence-corrected chi connectivity index (χ2v) is 10.5. The van der Waals surface area contributed by atoms with Crippen LogP contribution in [-0.4, -0.2) is 37.0 Å². The highest BCUT2D eigenvalue weighted by molar-refractivity contribution is 5.85. The summed E-state index contributed by atoms with van der Waals surface area (Å²) in [4.78, 5) is 16.4. The summed E-state index contributed by atoms with van der Waals surface area (Å²) in [6, 6.07) is 11.6. The van der Waals surface area contributed by atoms with Crippen molar-refractivity contribution in [2.45, 2.75) is 76.2 Å². The van der Waals surface area contributed by atoms with Crippen molar-refractivity contribution in [1.82, 2.24) is 10.2 Å². The van der Waals surface area contributed by atoms with Crippen molar-refractivity contribution in [3.63, 3.8) is 0 Å². The zero-order valence-electron chi connectivity index (χ0n) is 17.7. The first-order chi connectivity index (χ1) is 13.5. The van der Waals surface area contributed by atoms with Gasteiger partial charge in [-0.1, -0.05) is 43.7 Å². The van der Waals surface area contributed by atoms with Crippen LogP contribution in [0.4, 0.5) is 0 Å². The van der Waals surface area contributed by atoms with E-state index in [4.69, 9.17) is 0 Å². The maximum Gasteiger partial charge on any atom is 0.229 e. The average Bonchev–Trinajstić information content (AvgIpc) is 3.07. The molecule has 3 nitrogen and oxygen atoms in total. The molecule has 5 fully saturated rings. The minimum Gasteiger partial charge on any atom is -0.342 e. The molecule has 0 spiro atoms. The highest BCUT2D eigenvalue weighted by Crippen LogP contribution is 2.78. The molecule has 4 aliphatic carbocycles. The summed E-state index contributed by atoms with van der Waals surface area (Å²) in [5.74, 6) is 1.23. The Morgan fingerprint density at radius 1 is 1.11 bits per heavy atom. The Labute approximate surface area is 170 Å². The maximum atomic E-state index is 14.2. The third kappa shape index (κ3) is 2.47. The molecule has 5 aliphatic rings. The van der Waals surface area contributed by atoms with Crippen LogP contribution in [0.25, 0.3) is 0 Å². The molecular formula is C25H36N2O. The summed E-state index contributed by atoms with van der Waals surface area (Å²) < 4.78 is 0. The van der Waals surface area contributed by atoms with Gasteiger partial charge in [0, 0.05) is 13.1 Å². The van der Waals surface area contributed by atoms with Gasteiger partial charge in [0.25, 0.3) is 0 Å². The van der Waals surface area contributed by atoms with Crippen LogP contribution >= 0.6 is 0 Å². The molecule has 1 saturated heterocycles. The number of amides is 1. The van der Waals surface area contributed by atoms with Gasteiger partial charge in [-0.3, -0.25) is 4.79 Å². The van der Waals surface area contributed by atoms with Gasteiger partial charge in [-0.15, -0.1) is 0 Å². The van der Waals surface area contributed by atoms with E-state index < -0.39 is 0 Å². The number of hydrogen-bond acceptors (Lipinski definition) is 2. The fourth-order valence-corrected chi connectivity index (χ4v) is 8.27. The molecule has 2 unspecified atom stereocenters. The first-order valence-corrected chi connectivity index (χ1v) is 11.6. The summed E-state index contributed by atoms with van der Waals surface area (Å²) in [5.41, 5.74) is 1.86. The molecule has 6 rings (SSSR count). The second-order valence-electron chi connectivity index (χ2n) is 10.5. The molecule has 0 aromatic heterocycles. The number of piperidine rings is 1. The van der Waals surface area contributed by atoms with Gasteiger partial charge in [-0.05, 0) is 86.8 Å². The predicted molar refractivity (Wildman–Crippen MR) is 113 cm³/mol. The Morgan fingerprint density at radius 2 is 1.86 bits per heavy atom. The van der Waals surface area contributed by atoms with Crippen LogP contribution < -0.4 is 5.32 Å². The molecule has 4 bridgehead atoms. The SMILES string of the molecule is CCC[C@]12CC3CC1(C(=O)N(C)C1CCNCC1)C[C@@](c1ccccc1)(C3)C2. The number of rotatable bonds is 5. The van der Waals surface area contributed by atoms with E-state index in [2.05, 4.69) is 54.5 Å². The molecule has 1 N–H and O–H groups in total. The standard InChI is InChI=1S/C25H36N2O/c1-3-11-24-15-19-14-23(17-24,20-7-5-4-6-8-20)18-25(24,16-19)22(28)27(2)21-9-12-26-13-10-21/h4-8,19,21,26H,3,9-18H2,1-2H3/t19?,23-,24-,25?/m1/s1. The van der Waals surface area contributed by atoms with Gasteiger partial charge in [0.05, 0.1) is 5.41 Å². The first-order valence-electron chi connectivity index (χ1n) is 11.6. The molecule has 152 valence electrons. The molecule has 3 heteroatoms. The van der Waals surface area contributed by atoms with Gasteiger partial charge >= 0.3 is 0 Å². The molecule has 4 atom stereocenters. The van der Waals surface area contributed by atoms with Crippen LogP contribution in [0, 0.1) is 16.7 Å². The van der Waals surface area contributed by atoms with Crippen molar-refractivity contribution >= 4 is 5.91 Å². The van der Waals surface area contributed by atoms with Gasteiger partial charge in [0.2, 0.25) is 5.91 Å². The Kier molecular flexibility index (Phi) is 4.39. The zero-order valence-corrected chi connectivity index (χ0v) is 17.7. The Balaban J connectivity index is 1.53. The van der Waals surface area contributed by atoms with Crippen molar-refractivity contribution in [2.75, 3.05) is 20.1 Å². The number of carbonyl (C=O) groups is 1. The number of nitrogens with one attached hydrogen (secondary N) is 1. The van der Waals surface area contributed by atoms with Gasteiger partial charge in [0.15, 0.2) is 0 Å². The number of benzene rings is 1. The van der Waals surface area contributed by atoms with Crippen LogP contribution in [0.3, 0.4) is 0 Å². The highest BCUT2D eigenvalue weighted by atomic mass is 16.2. The lowest BCUT2D eigenvalue weighted by Gasteiger charge is -2.44. The van der Waals surface area contributed by atoms with E-state index in [9.17, 15) is 4.79 Å². The largest absolute Gasteiger partial charge is 0.342 e. The number of carbonyl (C=O) groups excluding carboxylic acids is 1. The fourth-order valence-electron chi connectivity index (χ4n) is 8.27. The van der Waals surface area contributed by atoms with Gasteiger partial charge < -0.3 is 10.2 Å². The van der Waals surface area contributed by atoms with Crippen molar-refractivity contribution in [3.05, 3.63) is 35.9 Å². The van der Waals surface area contributed by atoms with E-state index in [0.717, 1.165) is 44.7 Å². The molecular weight excluding hydrogens is 344 g/mol. The average molecular weight is 381 g/mol. The summed E-state index contributed by atoms with van der Waals surface area (Å²) in [7, 11) is 2.11. The third-order valence-corrected chi connectivity index (χ3v) is 9.03. The molecule has 28 heavy (non-hydrogen) atoms. The van der Waals surface area contributed by atoms with Crippen molar-refractivity contribution in [3.8, 4) is 0 Å². The summed E-state index contributed by atoms with van der Waals surface area (Å²) in [6.45, 7) is 4.41. The van der Waals surface area contributed by atoms with Crippen molar-refractivity contribution < 1.29 is 4.79 Å². The fraction of sp³-hybridized carbons (Fsp3) is 0.720. The minimum absolute atomic E-state index is 0.110.